The van der Waals surface area contributed by atoms with Crippen molar-refractivity contribution in [1.82, 2.24) is 0 Å². The zero-order valence-electron chi connectivity index (χ0n) is 34.2. The molecular weight excluding hydrogens is 748 g/mol. The van der Waals surface area contributed by atoms with Crippen LogP contribution >= 0.6 is 0 Å². The Morgan fingerprint density at radius 1 is 0.825 bits per heavy atom. The molecule has 0 bridgehead atoms. The molecule has 16 nitrogen and oxygen atoms in total. The summed E-state index contributed by atoms with van der Waals surface area (Å²) in [5, 5.41) is 111. The molecule has 6 aliphatic rings. The van der Waals surface area contributed by atoms with Crippen LogP contribution in [0.3, 0.4) is 0 Å². The van der Waals surface area contributed by atoms with Gasteiger partial charge in [0.25, 0.3) is 0 Å². The van der Waals surface area contributed by atoms with E-state index in [-0.39, 0.29) is 49.9 Å². The van der Waals surface area contributed by atoms with Crippen LogP contribution in [0.25, 0.3) is 0 Å². The molecule has 23 atom stereocenters. The van der Waals surface area contributed by atoms with Gasteiger partial charge in [-0.2, -0.15) is 0 Å². The molecule has 0 radical (unpaired) electrons. The van der Waals surface area contributed by atoms with Crippen LogP contribution in [-0.2, 0) is 28.4 Å². The van der Waals surface area contributed by atoms with Crippen LogP contribution in [0, 0.1) is 52.3 Å². The molecular formula is C41H70O16. The second-order valence-corrected chi connectivity index (χ2v) is 18.8. The predicted molar refractivity (Wildman–Crippen MR) is 201 cm³/mol. The van der Waals surface area contributed by atoms with E-state index in [0.29, 0.717) is 32.1 Å². The lowest BCUT2D eigenvalue weighted by molar-refractivity contribution is -0.310. The number of ether oxygens (including phenoxy) is 6. The molecule has 6 rings (SSSR count). The fourth-order valence-electron chi connectivity index (χ4n) is 12.5. The van der Waals surface area contributed by atoms with E-state index < -0.39 is 121 Å². The molecule has 0 spiro atoms. The Morgan fingerprint density at radius 2 is 1.53 bits per heavy atom. The molecule has 0 aromatic rings. The highest BCUT2D eigenvalue weighted by molar-refractivity contribution is 5.22. The zero-order chi connectivity index (χ0) is 41.8. The maximum atomic E-state index is 12.7. The van der Waals surface area contributed by atoms with Gasteiger partial charge in [-0.3, -0.25) is 0 Å². The Balaban J connectivity index is 1.18. The molecule has 0 amide bonds. The summed E-state index contributed by atoms with van der Waals surface area (Å²) in [4.78, 5) is 0. The topological polar surface area (TPSA) is 258 Å². The summed E-state index contributed by atoms with van der Waals surface area (Å²) in [7, 11) is 2.79. The molecule has 330 valence electrons. The number of hydrogen-bond donors (Lipinski definition) is 10. The lowest BCUT2D eigenvalue weighted by Gasteiger charge is -2.65. The number of rotatable bonds is 14. The predicted octanol–water partition coefficient (Wildman–Crippen LogP) is -0.942. The fourth-order valence-corrected chi connectivity index (χ4v) is 12.5. The van der Waals surface area contributed by atoms with Gasteiger partial charge >= 0.3 is 0 Å². The molecule has 4 saturated carbocycles. The molecule has 5 unspecified atom stereocenters. The highest BCUT2D eigenvalue weighted by atomic mass is 16.8. The minimum absolute atomic E-state index is 0.0294. The summed E-state index contributed by atoms with van der Waals surface area (Å²) in [6, 6.07) is 0. The van der Waals surface area contributed by atoms with Crippen LogP contribution in [0.4, 0.5) is 0 Å². The maximum Gasteiger partial charge on any atom is 0.187 e. The molecule has 2 saturated heterocycles. The molecule has 2 heterocycles. The first kappa shape index (κ1) is 45.6. The second-order valence-electron chi connectivity index (χ2n) is 18.8. The average molecular weight is 819 g/mol. The monoisotopic (exact) mass is 818 g/mol. The molecule has 6 fully saturated rings. The van der Waals surface area contributed by atoms with Gasteiger partial charge in [0.1, 0.15) is 42.7 Å². The minimum Gasteiger partial charge on any atom is -0.396 e. The Morgan fingerprint density at radius 3 is 2.18 bits per heavy atom. The van der Waals surface area contributed by atoms with Crippen LogP contribution in [0.15, 0.2) is 12.2 Å². The van der Waals surface area contributed by atoms with Crippen molar-refractivity contribution in [3.05, 3.63) is 12.2 Å². The van der Waals surface area contributed by atoms with Crippen molar-refractivity contribution in [2.75, 3.05) is 40.6 Å². The van der Waals surface area contributed by atoms with Crippen molar-refractivity contribution in [2.24, 2.45) is 52.3 Å². The van der Waals surface area contributed by atoms with E-state index in [2.05, 4.69) is 6.92 Å². The highest BCUT2D eigenvalue weighted by Crippen LogP contribution is 2.69. The van der Waals surface area contributed by atoms with Gasteiger partial charge in [-0.1, -0.05) is 39.8 Å². The number of aliphatic hydroxyl groups excluding tert-OH is 9. The van der Waals surface area contributed by atoms with Gasteiger partial charge in [0.2, 0.25) is 0 Å². The van der Waals surface area contributed by atoms with E-state index in [1.807, 2.05) is 32.9 Å². The van der Waals surface area contributed by atoms with E-state index in [9.17, 15) is 51.1 Å². The molecule has 10 N–H and O–H groups in total. The molecule has 2 aliphatic heterocycles. The Labute approximate surface area is 335 Å². The van der Waals surface area contributed by atoms with Crippen LogP contribution < -0.4 is 0 Å². The summed E-state index contributed by atoms with van der Waals surface area (Å²) in [5.74, 6) is -2.57. The third-order valence-electron chi connectivity index (χ3n) is 15.6. The third-order valence-corrected chi connectivity index (χ3v) is 15.6. The molecule has 0 aromatic carbocycles. The number of aliphatic hydroxyl groups is 10. The van der Waals surface area contributed by atoms with Gasteiger partial charge in [0.05, 0.1) is 49.8 Å². The lowest BCUT2D eigenvalue weighted by atomic mass is 9.42. The van der Waals surface area contributed by atoms with E-state index in [4.69, 9.17) is 28.4 Å². The van der Waals surface area contributed by atoms with E-state index in [1.54, 1.807) is 0 Å². The number of fused-ring (bicyclic) bond motifs is 5. The molecule has 4 aliphatic carbocycles. The number of allylic oxidation sites excluding steroid dienone is 1. The SMILES string of the molecule is CO[C@@H]1[C@@H](O[C@@H]2[C@@H](OCC(/C=C/[C@@H](C)[C@H]3[C@@H](O)[C@@H](O)C4[C@]5(O)C[C@H](O)C6C[C@@H](O)CC[C@]6(C)C5CC[C@@]43C)C(C)CO)O[C@H]([C@H](O)CO)[C@H]2O)OC[C@H](OC)[C@H]1O. The molecule has 57 heavy (non-hydrogen) atoms. The normalized spacial score (nSPS) is 50.9. The third kappa shape index (κ3) is 8.03. The van der Waals surface area contributed by atoms with Crippen LogP contribution in [0.5, 0.6) is 0 Å². The smallest absolute Gasteiger partial charge is 0.187 e. The molecule has 16 heteroatoms. The van der Waals surface area contributed by atoms with E-state index >= 15 is 0 Å². The van der Waals surface area contributed by atoms with Gasteiger partial charge in [-0.15, -0.1) is 0 Å². The van der Waals surface area contributed by atoms with E-state index in [1.165, 1.54) is 14.2 Å². The summed E-state index contributed by atoms with van der Waals surface area (Å²) in [6.07, 6.45) is -7.49. The highest BCUT2D eigenvalue weighted by Gasteiger charge is 2.72. The van der Waals surface area contributed by atoms with Gasteiger partial charge in [-0.05, 0) is 72.5 Å². The Hall–Kier alpha value is -0.900. The average Bonchev–Trinajstić information content (AvgIpc) is 3.59. The fraction of sp³-hybridized carbons (Fsp3) is 0.951. The van der Waals surface area contributed by atoms with E-state index in [0.717, 1.165) is 0 Å². The van der Waals surface area contributed by atoms with Crippen molar-refractivity contribution in [3.63, 3.8) is 0 Å². The first-order valence-electron chi connectivity index (χ1n) is 20.9. The number of methoxy groups -OCH3 is 2. The summed E-state index contributed by atoms with van der Waals surface area (Å²) in [6.45, 7) is 6.96. The van der Waals surface area contributed by atoms with Crippen molar-refractivity contribution in [1.29, 1.82) is 0 Å². The van der Waals surface area contributed by atoms with Crippen LogP contribution in [-0.4, -0.2) is 177 Å². The second kappa shape index (κ2) is 17.8. The summed E-state index contributed by atoms with van der Waals surface area (Å²) in [5.41, 5.74) is -2.52. The largest absolute Gasteiger partial charge is 0.396 e. The van der Waals surface area contributed by atoms with Crippen molar-refractivity contribution < 1.29 is 79.5 Å². The Bertz CT molecular complexity index is 1360. The minimum atomic E-state index is -1.47. The Kier molecular flexibility index (Phi) is 14.3. The van der Waals surface area contributed by atoms with Gasteiger partial charge < -0.3 is 79.5 Å². The molecule has 0 aromatic heterocycles. The van der Waals surface area contributed by atoms with Crippen LogP contribution in [0.1, 0.15) is 66.2 Å². The van der Waals surface area contributed by atoms with Gasteiger partial charge in [0.15, 0.2) is 12.6 Å². The van der Waals surface area contributed by atoms with Crippen molar-refractivity contribution in [3.8, 4) is 0 Å². The van der Waals surface area contributed by atoms with Crippen molar-refractivity contribution >= 4 is 0 Å². The summed E-state index contributed by atoms with van der Waals surface area (Å²) < 4.78 is 34.7. The quantitative estimate of drug-likeness (QED) is 0.0950. The maximum absolute atomic E-state index is 12.7. The van der Waals surface area contributed by atoms with Crippen LogP contribution in [0.2, 0.25) is 0 Å². The van der Waals surface area contributed by atoms with Gasteiger partial charge in [0, 0.05) is 39.1 Å². The number of hydrogen-bond acceptors (Lipinski definition) is 16. The summed E-state index contributed by atoms with van der Waals surface area (Å²) >= 11 is 0. The standard InChI is InChI=1S/C41H70O16/c1-19(28-30(48)31(49)36-40(28,4)12-10-27-39(3)11-9-22(44)13-23(39)24(45)14-41(27,36)51)7-8-21(20(2)15-42)17-54-38-35(32(50)33(56-38)25(46)16-43)57-37-34(53-6)29(47)26(52-5)18-55-37/h7-8,19-38,42-51H,9-18H2,1-6H3/b8-7+/t19-,20?,21?,22+,23?,24+,25-,26+,27?,28+,29-,30-,31-,32-,33-,34+,35+,36?,37-,38+,39+,40-,41+/m1/s1. The lowest BCUT2D eigenvalue weighted by Crippen LogP contribution is -2.68. The van der Waals surface area contributed by atoms with Crippen molar-refractivity contribution in [2.45, 2.75) is 152 Å². The zero-order valence-corrected chi connectivity index (χ0v) is 34.2. The first-order chi connectivity index (χ1) is 26.9. The first-order valence-corrected chi connectivity index (χ1v) is 20.9. The van der Waals surface area contributed by atoms with Gasteiger partial charge in [-0.25, -0.2) is 0 Å².